The van der Waals surface area contributed by atoms with Gasteiger partial charge in [0.05, 0.1) is 6.61 Å². The topological polar surface area (TPSA) is 75.6 Å². The molecule has 0 aliphatic heterocycles. The first kappa shape index (κ1) is 13.2. The predicted molar refractivity (Wildman–Crippen MR) is 61.5 cm³/mol. The third kappa shape index (κ3) is 3.88. The lowest BCUT2D eigenvalue weighted by Gasteiger charge is -2.14. The van der Waals surface area contributed by atoms with Crippen molar-refractivity contribution in [3.63, 3.8) is 0 Å². The van der Waals surface area contributed by atoms with Gasteiger partial charge in [0, 0.05) is 13.5 Å². The molecule has 0 spiro atoms. The van der Waals surface area contributed by atoms with E-state index in [9.17, 15) is 9.59 Å². The maximum Gasteiger partial charge on any atom is 0.326 e. The Kier molecular flexibility index (Phi) is 5.16. The molecule has 0 fully saturated rings. The molecule has 0 radical (unpaired) electrons. The van der Waals surface area contributed by atoms with Crippen LogP contribution in [0.2, 0.25) is 0 Å². The Labute approximate surface area is 99.4 Å². The number of carboxylic acid groups (broad SMARTS) is 1. The van der Waals surface area contributed by atoms with Gasteiger partial charge < -0.3 is 15.2 Å². The Bertz CT molecular complexity index is 392. The van der Waals surface area contributed by atoms with Crippen LogP contribution in [0.15, 0.2) is 24.3 Å². The maximum absolute atomic E-state index is 10.9. The molecule has 1 amide bonds. The minimum Gasteiger partial charge on any atom is -0.480 e. The third-order valence-corrected chi connectivity index (χ3v) is 2.41. The summed E-state index contributed by atoms with van der Waals surface area (Å²) in [5.41, 5.74) is 1.78. The van der Waals surface area contributed by atoms with Crippen LogP contribution in [-0.2, 0) is 27.4 Å². The Hall–Kier alpha value is -1.88. The number of hydrogen-bond donors (Lipinski definition) is 2. The Morgan fingerprint density at radius 2 is 2.12 bits per heavy atom. The summed E-state index contributed by atoms with van der Waals surface area (Å²) in [6, 6.07) is 6.48. The highest BCUT2D eigenvalue weighted by atomic mass is 16.5. The second-order valence-corrected chi connectivity index (χ2v) is 3.58. The van der Waals surface area contributed by atoms with Crippen molar-refractivity contribution in [3.05, 3.63) is 35.4 Å². The molecule has 5 heteroatoms. The highest BCUT2D eigenvalue weighted by Gasteiger charge is 2.18. The van der Waals surface area contributed by atoms with Gasteiger partial charge in [-0.2, -0.15) is 0 Å². The minimum absolute atomic E-state index is 0.244. The summed E-state index contributed by atoms with van der Waals surface area (Å²) in [5, 5.41) is 11.2. The Morgan fingerprint density at radius 1 is 1.47 bits per heavy atom. The van der Waals surface area contributed by atoms with E-state index in [1.807, 2.05) is 24.3 Å². The number of nitrogens with one attached hydrogen (secondary N) is 1. The molecule has 0 saturated carbocycles. The first-order chi connectivity index (χ1) is 8.19. The van der Waals surface area contributed by atoms with Gasteiger partial charge in [0.1, 0.15) is 6.04 Å². The molecule has 1 unspecified atom stereocenters. The number of methoxy groups -OCH3 is 1. The van der Waals surface area contributed by atoms with Crippen molar-refractivity contribution >= 4 is 12.4 Å². The van der Waals surface area contributed by atoms with Crippen LogP contribution < -0.4 is 5.32 Å². The molecule has 0 heterocycles. The fourth-order valence-electron chi connectivity index (χ4n) is 1.57. The number of carboxylic acids is 1. The summed E-state index contributed by atoms with van der Waals surface area (Å²) in [5.74, 6) is -1.05. The summed E-state index contributed by atoms with van der Waals surface area (Å²) < 4.78 is 5.03. The molecule has 1 rings (SSSR count). The lowest BCUT2D eigenvalue weighted by atomic mass is 10.0. The van der Waals surface area contributed by atoms with Crippen molar-refractivity contribution in [3.8, 4) is 0 Å². The number of carbonyl (C=O) groups excluding carboxylic acids is 1. The van der Waals surface area contributed by atoms with Crippen LogP contribution in [0.25, 0.3) is 0 Å². The molecule has 2 N–H and O–H groups in total. The van der Waals surface area contributed by atoms with Gasteiger partial charge in [-0.25, -0.2) is 4.79 Å². The Morgan fingerprint density at radius 3 is 2.65 bits per heavy atom. The van der Waals surface area contributed by atoms with E-state index in [0.29, 0.717) is 13.0 Å². The molecule has 92 valence electrons. The second kappa shape index (κ2) is 6.65. The number of rotatable bonds is 7. The standard InChI is InChI=1S/C12H15NO4/c1-17-7-10-5-3-2-4-9(10)6-11(12(15)16)13-8-14/h2-5,8,11H,6-7H2,1H3,(H,13,14)(H,15,16). The summed E-state index contributed by atoms with van der Waals surface area (Å²) in [6.07, 6.45) is 0.644. The molecular formula is C12H15NO4. The molecule has 1 aromatic carbocycles. The minimum atomic E-state index is -1.05. The largest absolute Gasteiger partial charge is 0.480 e. The van der Waals surface area contributed by atoms with E-state index in [4.69, 9.17) is 9.84 Å². The molecule has 1 atom stereocenters. The van der Waals surface area contributed by atoms with E-state index in [1.54, 1.807) is 7.11 Å². The lowest BCUT2D eigenvalue weighted by molar-refractivity contribution is -0.140. The summed E-state index contributed by atoms with van der Waals surface area (Å²) in [6.45, 7) is 0.420. The Balaban J connectivity index is 2.84. The maximum atomic E-state index is 10.9. The van der Waals surface area contributed by atoms with Crippen LogP contribution in [0.1, 0.15) is 11.1 Å². The van der Waals surface area contributed by atoms with Crippen molar-refractivity contribution in [1.82, 2.24) is 5.32 Å². The van der Waals surface area contributed by atoms with Gasteiger partial charge in [-0.15, -0.1) is 0 Å². The number of hydrogen-bond acceptors (Lipinski definition) is 3. The van der Waals surface area contributed by atoms with Crippen molar-refractivity contribution in [2.24, 2.45) is 0 Å². The van der Waals surface area contributed by atoms with E-state index in [0.717, 1.165) is 11.1 Å². The number of benzene rings is 1. The highest BCUT2D eigenvalue weighted by molar-refractivity contribution is 5.76. The fraction of sp³-hybridized carbons (Fsp3) is 0.333. The van der Waals surface area contributed by atoms with E-state index < -0.39 is 12.0 Å². The van der Waals surface area contributed by atoms with E-state index in [1.165, 1.54) is 0 Å². The predicted octanol–water partition coefficient (Wildman–Crippen LogP) is 0.575. The van der Waals surface area contributed by atoms with Gasteiger partial charge in [-0.05, 0) is 11.1 Å². The molecule has 0 aromatic heterocycles. The molecule has 1 aromatic rings. The van der Waals surface area contributed by atoms with Crippen LogP contribution in [-0.4, -0.2) is 30.6 Å². The second-order valence-electron chi connectivity index (χ2n) is 3.58. The normalized spacial score (nSPS) is 11.8. The molecule has 5 nitrogen and oxygen atoms in total. The van der Waals surface area contributed by atoms with Crippen molar-refractivity contribution in [2.45, 2.75) is 19.1 Å². The average molecular weight is 237 g/mol. The number of carbonyl (C=O) groups is 2. The quantitative estimate of drug-likeness (QED) is 0.680. The summed E-state index contributed by atoms with van der Waals surface area (Å²) >= 11 is 0. The monoisotopic (exact) mass is 237 g/mol. The number of amides is 1. The molecular weight excluding hydrogens is 222 g/mol. The van der Waals surface area contributed by atoms with E-state index >= 15 is 0 Å². The van der Waals surface area contributed by atoms with Gasteiger partial charge >= 0.3 is 5.97 Å². The van der Waals surface area contributed by atoms with Gasteiger partial charge in [0.15, 0.2) is 0 Å². The highest BCUT2D eigenvalue weighted by Crippen LogP contribution is 2.12. The van der Waals surface area contributed by atoms with Crippen molar-refractivity contribution in [2.75, 3.05) is 7.11 Å². The van der Waals surface area contributed by atoms with Gasteiger partial charge in [-0.1, -0.05) is 24.3 Å². The lowest BCUT2D eigenvalue weighted by Crippen LogP contribution is -2.37. The van der Waals surface area contributed by atoms with Crippen LogP contribution in [0.3, 0.4) is 0 Å². The number of ether oxygens (including phenoxy) is 1. The zero-order valence-corrected chi connectivity index (χ0v) is 9.55. The first-order valence-corrected chi connectivity index (χ1v) is 5.17. The summed E-state index contributed by atoms with van der Waals surface area (Å²) in [7, 11) is 1.58. The van der Waals surface area contributed by atoms with Gasteiger partial charge in [0.25, 0.3) is 0 Å². The summed E-state index contributed by atoms with van der Waals surface area (Å²) in [4.78, 5) is 21.2. The smallest absolute Gasteiger partial charge is 0.326 e. The first-order valence-electron chi connectivity index (χ1n) is 5.17. The third-order valence-electron chi connectivity index (χ3n) is 2.41. The zero-order chi connectivity index (χ0) is 12.7. The van der Waals surface area contributed by atoms with Crippen molar-refractivity contribution < 1.29 is 19.4 Å². The van der Waals surface area contributed by atoms with E-state index in [2.05, 4.69) is 5.32 Å². The molecule has 0 aliphatic rings. The molecule has 0 bridgehead atoms. The van der Waals surface area contributed by atoms with Gasteiger partial charge in [0.2, 0.25) is 6.41 Å². The molecule has 0 saturated heterocycles. The molecule has 17 heavy (non-hydrogen) atoms. The van der Waals surface area contributed by atoms with Crippen LogP contribution in [0.4, 0.5) is 0 Å². The zero-order valence-electron chi connectivity index (χ0n) is 9.55. The van der Waals surface area contributed by atoms with E-state index in [-0.39, 0.29) is 6.42 Å². The van der Waals surface area contributed by atoms with Crippen LogP contribution >= 0.6 is 0 Å². The number of aliphatic carboxylic acids is 1. The fourth-order valence-corrected chi connectivity index (χ4v) is 1.57. The van der Waals surface area contributed by atoms with Crippen LogP contribution in [0.5, 0.6) is 0 Å². The molecule has 0 aliphatic carbocycles. The van der Waals surface area contributed by atoms with Gasteiger partial charge in [-0.3, -0.25) is 4.79 Å². The van der Waals surface area contributed by atoms with Crippen molar-refractivity contribution in [1.29, 1.82) is 0 Å². The average Bonchev–Trinajstić information content (AvgIpc) is 2.31. The van der Waals surface area contributed by atoms with Crippen LogP contribution in [0, 0.1) is 0 Å². The SMILES string of the molecule is COCc1ccccc1CC(NC=O)C(=O)O.